The summed E-state index contributed by atoms with van der Waals surface area (Å²) in [5, 5.41) is 0. The first-order valence-electron chi connectivity index (χ1n) is 4.25. The minimum atomic E-state index is -2.38. The average molecular weight is 226 g/mol. The summed E-state index contributed by atoms with van der Waals surface area (Å²) in [5.41, 5.74) is 5.49. The van der Waals surface area contributed by atoms with Crippen molar-refractivity contribution in [1.29, 1.82) is 0 Å². The maximum absolute atomic E-state index is 11.9. The van der Waals surface area contributed by atoms with E-state index in [9.17, 15) is 8.78 Å². The zero-order chi connectivity index (χ0) is 9.84. The molecule has 82 valence electrons. The number of nitrogens with two attached hydrogens (primary N) is 1. The maximum atomic E-state index is 11.9. The highest BCUT2D eigenvalue weighted by molar-refractivity contribution is 5.85. The van der Waals surface area contributed by atoms with Crippen LogP contribution in [0.3, 0.4) is 0 Å². The van der Waals surface area contributed by atoms with Crippen molar-refractivity contribution in [2.24, 2.45) is 5.73 Å². The van der Waals surface area contributed by atoms with E-state index in [0.717, 1.165) is 12.2 Å². The topological polar surface area (TPSA) is 39.2 Å². The van der Waals surface area contributed by atoms with Gasteiger partial charge in [-0.25, -0.2) is 8.78 Å². The molecule has 5 heteroatoms. The Kier molecular flexibility index (Phi) is 5.72. The molecule has 0 fully saturated rings. The highest BCUT2D eigenvalue weighted by atomic mass is 35.5. The molecule has 1 heterocycles. The molecule has 1 aromatic rings. The number of hydrogen-bond acceptors (Lipinski definition) is 2. The molecule has 0 radical (unpaired) electrons. The van der Waals surface area contributed by atoms with Gasteiger partial charge in [-0.15, -0.1) is 12.4 Å². The van der Waals surface area contributed by atoms with Crippen LogP contribution in [0.25, 0.3) is 0 Å². The van der Waals surface area contributed by atoms with E-state index >= 15 is 0 Å². The lowest BCUT2D eigenvalue weighted by atomic mass is 10.2. The first-order chi connectivity index (χ1) is 6.13. The van der Waals surface area contributed by atoms with Gasteiger partial charge in [0.1, 0.15) is 11.5 Å². The molecule has 0 aliphatic carbocycles. The zero-order valence-electron chi connectivity index (χ0n) is 7.87. The van der Waals surface area contributed by atoms with Gasteiger partial charge in [0.25, 0.3) is 0 Å². The normalized spacial score (nSPS) is 12.6. The summed E-state index contributed by atoms with van der Waals surface area (Å²) in [5.74, 6) is 1.22. The number of rotatable bonds is 4. The number of aryl methyl sites for hydroxylation is 1. The minimum Gasteiger partial charge on any atom is -0.464 e. The summed E-state index contributed by atoms with van der Waals surface area (Å²) in [6.45, 7) is 1.93. The second-order valence-electron chi connectivity index (χ2n) is 2.89. The molecule has 0 aliphatic rings. The summed E-state index contributed by atoms with van der Waals surface area (Å²) in [7, 11) is 0. The van der Waals surface area contributed by atoms with E-state index in [1.54, 1.807) is 12.1 Å². The van der Waals surface area contributed by atoms with Gasteiger partial charge >= 0.3 is 0 Å². The molecule has 0 amide bonds. The van der Waals surface area contributed by atoms with Crippen molar-refractivity contribution in [3.05, 3.63) is 23.7 Å². The number of alkyl halides is 2. The van der Waals surface area contributed by atoms with Crippen molar-refractivity contribution in [2.45, 2.75) is 32.2 Å². The second kappa shape index (κ2) is 5.98. The Hall–Kier alpha value is -0.610. The lowest BCUT2D eigenvalue weighted by Gasteiger charge is -2.06. The molecule has 0 aliphatic heterocycles. The van der Waals surface area contributed by atoms with Crippen molar-refractivity contribution in [1.82, 2.24) is 0 Å². The van der Waals surface area contributed by atoms with Crippen LogP contribution in [-0.4, -0.2) is 6.43 Å². The monoisotopic (exact) mass is 225 g/mol. The molecule has 2 N–H and O–H groups in total. The van der Waals surface area contributed by atoms with E-state index in [-0.39, 0.29) is 18.8 Å². The van der Waals surface area contributed by atoms with Gasteiger partial charge in [-0.3, -0.25) is 0 Å². The largest absolute Gasteiger partial charge is 0.464 e. The van der Waals surface area contributed by atoms with Crippen LogP contribution in [-0.2, 0) is 6.42 Å². The Bertz CT molecular complexity index is 265. The number of hydrogen-bond donors (Lipinski definition) is 1. The van der Waals surface area contributed by atoms with Crippen molar-refractivity contribution in [2.75, 3.05) is 0 Å². The average Bonchev–Trinajstić information content (AvgIpc) is 2.50. The minimum absolute atomic E-state index is 0. The highest BCUT2D eigenvalue weighted by Crippen LogP contribution is 2.20. The third-order valence-electron chi connectivity index (χ3n) is 1.83. The SMILES string of the molecule is CCc1ccc([C@@H](N)CC(F)F)o1.Cl. The molecule has 1 rings (SSSR count). The van der Waals surface area contributed by atoms with Crippen molar-refractivity contribution < 1.29 is 13.2 Å². The molecular formula is C9H14ClF2NO. The van der Waals surface area contributed by atoms with Crippen LogP contribution in [0.15, 0.2) is 16.5 Å². The van der Waals surface area contributed by atoms with E-state index in [1.165, 1.54) is 0 Å². The molecule has 0 spiro atoms. The Balaban J connectivity index is 0.00000169. The Morgan fingerprint density at radius 2 is 2.07 bits per heavy atom. The van der Waals surface area contributed by atoms with Crippen LogP contribution in [0, 0.1) is 0 Å². The third kappa shape index (κ3) is 3.64. The van der Waals surface area contributed by atoms with Crippen molar-refractivity contribution >= 4 is 12.4 Å². The van der Waals surface area contributed by atoms with E-state index < -0.39 is 12.5 Å². The van der Waals surface area contributed by atoms with E-state index in [2.05, 4.69) is 0 Å². The van der Waals surface area contributed by atoms with Gasteiger partial charge in [0, 0.05) is 12.8 Å². The van der Waals surface area contributed by atoms with Crippen molar-refractivity contribution in [3.8, 4) is 0 Å². The van der Waals surface area contributed by atoms with Gasteiger partial charge in [0.15, 0.2) is 0 Å². The third-order valence-corrected chi connectivity index (χ3v) is 1.83. The summed E-state index contributed by atoms with van der Waals surface area (Å²) < 4.78 is 29.1. The molecular weight excluding hydrogens is 212 g/mol. The highest BCUT2D eigenvalue weighted by Gasteiger charge is 2.15. The predicted molar refractivity (Wildman–Crippen MR) is 52.9 cm³/mol. The zero-order valence-corrected chi connectivity index (χ0v) is 8.69. The van der Waals surface area contributed by atoms with Gasteiger partial charge in [0.05, 0.1) is 6.04 Å². The van der Waals surface area contributed by atoms with E-state index in [4.69, 9.17) is 10.2 Å². The van der Waals surface area contributed by atoms with Gasteiger partial charge < -0.3 is 10.2 Å². The van der Waals surface area contributed by atoms with E-state index in [1.807, 2.05) is 6.92 Å². The smallest absolute Gasteiger partial charge is 0.240 e. The van der Waals surface area contributed by atoms with Crippen LogP contribution in [0.5, 0.6) is 0 Å². The van der Waals surface area contributed by atoms with Gasteiger partial charge in [0.2, 0.25) is 6.43 Å². The summed E-state index contributed by atoms with van der Waals surface area (Å²) in [6.07, 6.45) is -1.98. The molecule has 2 nitrogen and oxygen atoms in total. The van der Waals surface area contributed by atoms with Crippen molar-refractivity contribution in [3.63, 3.8) is 0 Å². The molecule has 1 aromatic heterocycles. The molecule has 0 saturated heterocycles. The first-order valence-corrected chi connectivity index (χ1v) is 4.25. The fourth-order valence-electron chi connectivity index (χ4n) is 1.09. The quantitative estimate of drug-likeness (QED) is 0.856. The standard InChI is InChI=1S/C9H13F2NO.ClH/c1-2-6-3-4-8(13-6)7(12)5-9(10)11;/h3-4,7,9H,2,5,12H2,1H3;1H/t7-;/m0./s1. The van der Waals surface area contributed by atoms with Crippen LogP contribution < -0.4 is 5.73 Å². The lowest BCUT2D eigenvalue weighted by molar-refractivity contribution is 0.124. The summed E-state index contributed by atoms with van der Waals surface area (Å²) in [6, 6.07) is 2.73. The summed E-state index contributed by atoms with van der Waals surface area (Å²) in [4.78, 5) is 0. The fraction of sp³-hybridized carbons (Fsp3) is 0.556. The Morgan fingerprint density at radius 1 is 1.43 bits per heavy atom. The molecule has 1 atom stereocenters. The Morgan fingerprint density at radius 3 is 2.50 bits per heavy atom. The van der Waals surface area contributed by atoms with Crippen LogP contribution >= 0.6 is 12.4 Å². The predicted octanol–water partition coefficient (Wildman–Crippen LogP) is 2.92. The molecule has 0 bridgehead atoms. The number of furan rings is 1. The van der Waals surface area contributed by atoms with Crippen LogP contribution in [0.4, 0.5) is 8.78 Å². The molecule has 0 aromatic carbocycles. The van der Waals surface area contributed by atoms with Gasteiger partial charge in [-0.2, -0.15) is 0 Å². The molecule has 14 heavy (non-hydrogen) atoms. The van der Waals surface area contributed by atoms with Crippen LogP contribution in [0.2, 0.25) is 0 Å². The molecule has 0 saturated carbocycles. The molecule has 0 unspecified atom stereocenters. The maximum Gasteiger partial charge on any atom is 0.240 e. The van der Waals surface area contributed by atoms with Crippen LogP contribution in [0.1, 0.15) is 30.9 Å². The van der Waals surface area contributed by atoms with Gasteiger partial charge in [-0.1, -0.05) is 6.92 Å². The van der Waals surface area contributed by atoms with E-state index in [0.29, 0.717) is 5.76 Å². The fourth-order valence-corrected chi connectivity index (χ4v) is 1.09. The van der Waals surface area contributed by atoms with Gasteiger partial charge in [-0.05, 0) is 12.1 Å². The number of halogens is 3. The summed E-state index contributed by atoms with van der Waals surface area (Å²) >= 11 is 0. The second-order valence-corrected chi connectivity index (χ2v) is 2.89. The Labute approximate surface area is 87.9 Å². The first kappa shape index (κ1) is 13.4. The lowest BCUT2D eigenvalue weighted by Crippen LogP contribution is -2.12.